The Kier molecular flexibility index (Phi) is 4.17. The number of aromatic nitrogens is 1. The Bertz CT molecular complexity index is 546. The van der Waals surface area contributed by atoms with Gasteiger partial charge in [-0.05, 0) is 37.1 Å². The first-order valence-electron chi connectivity index (χ1n) is 6.52. The maximum absolute atomic E-state index is 5.58. The molecule has 0 bridgehead atoms. The monoisotopic (exact) mass is 255 g/mol. The third-order valence-corrected chi connectivity index (χ3v) is 3.28. The lowest BCUT2D eigenvalue weighted by Gasteiger charge is -2.21. The molecule has 0 aliphatic carbocycles. The highest BCUT2D eigenvalue weighted by Crippen LogP contribution is 2.21. The molecule has 2 aromatic rings. The van der Waals surface area contributed by atoms with Crippen LogP contribution in [0.1, 0.15) is 22.4 Å². The zero-order valence-electron chi connectivity index (χ0n) is 11.9. The van der Waals surface area contributed by atoms with E-state index in [1.54, 1.807) is 0 Å². The van der Waals surface area contributed by atoms with E-state index in [1.807, 2.05) is 18.3 Å². The summed E-state index contributed by atoms with van der Waals surface area (Å²) in [4.78, 5) is 6.66. The van der Waals surface area contributed by atoms with Crippen molar-refractivity contribution < 1.29 is 0 Å². The van der Waals surface area contributed by atoms with Gasteiger partial charge in [0, 0.05) is 25.5 Å². The molecule has 3 nitrogen and oxygen atoms in total. The fraction of sp³-hybridized carbons (Fsp3) is 0.312. The van der Waals surface area contributed by atoms with Gasteiger partial charge in [0.05, 0.1) is 12.2 Å². The van der Waals surface area contributed by atoms with Crippen molar-refractivity contribution in [2.24, 2.45) is 5.73 Å². The number of aryl methyl sites for hydroxylation is 2. The van der Waals surface area contributed by atoms with E-state index in [1.165, 1.54) is 16.8 Å². The first kappa shape index (κ1) is 13.6. The summed E-state index contributed by atoms with van der Waals surface area (Å²) in [5, 5.41) is 0. The standard InChI is InChI=1S/C16H21N3/c1-12-4-7-16(13(2)8-12)19(3)11-15-6-5-14(9-17)10-18-15/h4-8,10H,9,11,17H2,1-3H3. The van der Waals surface area contributed by atoms with E-state index in [9.17, 15) is 0 Å². The van der Waals surface area contributed by atoms with Crippen LogP contribution in [-0.4, -0.2) is 12.0 Å². The zero-order valence-corrected chi connectivity index (χ0v) is 11.9. The largest absolute Gasteiger partial charge is 0.368 e. The molecule has 0 saturated carbocycles. The number of hydrogen-bond donors (Lipinski definition) is 1. The summed E-state index contributed by atoms with van der Waals surface area (Å²) in [7, 11) is 2.09. The zero-order chi connectivity index (χ0) is 13.8. The van der Waals surface area contributed by atoms with Crippen LogP contribution in [0, 0.1) is 13.8 Å². The second-order valence-electron chi connectivity index (χ2n) is 5.01. The molecule has 0 aliphatic rings. The van der Waals surface area contributed by atoms with E-state index in [0.29, 0.717) is 6.54 Å². The minimum atomic E-state index is 0.542. The molecule has 1 heterocycles. The Morgan fingerprint density at radius 3 is 2.53 bits per heavy atom. The molecule has 2 N–H and O–H groups in total. The molecule has 0 saturated heterocycles. The number of hydrogen-bond acceptors (Lipinski definition) is 3. The Hall–Kier alpha value is -1.87. The van der Waals surface area contributed by atoms with Crippen LogP contribution < -0.4 is 10.6 Å². The second kappa shape index (κ2) is 5.85. The van der Waals surface area contributed by atoms with Gasteiger partial charge in [0.15, 0.2) is 0 Å². The summed E-state index contributed by atoms with van der Waals surface area (Å²) < 4.78 is 0. The van der Waals surface area contributed by atoms with Crippen LogP contribution in [0.2, 0.25) is 0 Å². The topological polar surface area (TPSA) is 42.1 Å². The van der Waals surface area contributed by atoms with E-state index in [0.717, 1.165) is 17.8 Å². The van der Waals surface area contributed by atoms with Crippen molar-refractivity contribution in [3.63, 3.8) is 0 Å². The highest BCUT2D eigenvalue weighted by molar-refractivity contribution is 5.53. The van der Waals surface area contributed by atoms with Crippen molar-refractivity contribution >= 4 is 5.69 Å². The molecule has 100 valence electrons. The van der Waals surface area contributed by atoms with E-state index in [-0.39, 0.29) is 0 Å². The van der Waals surface area contributed by atoms with E-state index >= 15 is 0 Å². The second-order valence-corrected chi connectivity index (χ2v) is 5.01. The van der Waals surface area contributed by atoms with Crippen molar-refractivity contribution in [1.82, 2.24) is 4.98 Å². The van der Waals surface area contributed by atoms with Gasteiger partial charge in [0.25, 0.3) is 0 Å². The van der Waals surface area contributed by atoms with Crippen LogP contribution in [0.15, 0.2) is 36.5 Å². The summed E-state index contributed by atoms with van der Waals surface area (Å²) in [6.07, 6.45) is 1.85. The Balaban J connectivity index is 2.13. The van der Waals surface area contributed by atoms with Gasteiger partial charge in [0.2, 0.25) is 0 Å². The molecule has 1 aromatic carbocycles. The first-order chi connectivity index (χ1) is 9.10. The Labute approximate surface area is 115 Å². The fourth-order valence-electron chi connectivity index (χ4n) is 2.23. The number of pyridine rings is 1. The number of benzene rings is 1. The maximum Gasteiger partial charge on any atom is 0.0598 e. The first-order valence-corrected chi connectivity index (χ1v) is 6.52. The van der Waals surface area contributed by atoms with Gasteiger partial charge < -0.3 is 10.6 Å². The average Bonchev–Trinajstić information content (AvgIpc) is 2.39. The summed E-state index contributed by atoms with van der Waals surface area (Å²) in [5.41, 5.74) is 11.5. The molecular weight excluding hydrogens is 234 g/mol. The van der Waals surface area contributed by atoms with Crippen molar-refractivity contribution in [2.45, 2.75) is 26.9 Å². The fourth-order valence-corrected chi connectivity index (χ4v) is 2.23. The van der Waals surface area contributed by atoms with Crippen molar-refractivity contribution in [1.29, 1.82) is 0 Å². The van der Waals surface area contributed by atoms with E-state index in [4.69, 9.17) is 5.73 Å². The van der Waals surface area contributed by atoms with Gasteiger partial charge in [-0.1, -0.05) is 23.8 Å². The smallest absolute Gasteiger partial charge is 0.0598 e. The lowest BCUT2D eigenvalue weighted by molar-refractivity contribution is 0.874. The number of rotatable bonds is 4. The van der Waals surface area contributed by atoms with Gasteiger partial charge in [-0.25, -0.2) is 0 Å². The van der Waals surface area contributed by atoms with Crippen molar-refractivity contribution in [2.75, 3.05) is 11.9 Å². The molecule has 0 amide bonds. The van der Waals surface area contributed by atoms with Crippen LogP contribution >= 0.6 is 0 Å². The summed E-state index contributed by atoms with van der Waals surface area (Å²) >= 11 is 0. The Morgan fingerprint density at radius 1 is 1.16 bits per heavy atom. The minimum Gasteiger partial charge on any atom is -0.368 e. The molecular formula is C16H21N3. The number of nitrogens with two attached hydrogens (primary N) is 1. The highest BCUT2D eigenvalue weighted by atomic mass is 15.1. The Morgan fingerprint density at radius 2 is 1.95 bits per heavy atom. The van der Waals surface area contributed by atoms with Crippen LogP contribution in [0.5, 0.6) is 0 Å². The molecule has 0 radical (unpaired) electrons. The molecule has 19 heavy (non-hydrogen) atoms. The van der Waals surface area contributed by atoms with Crippen molar-refractivity contribution in [3.8, 4) is 0 Å². The molecule has 0 spiro atoms. The number of anilines is 1. The van der Waals surface area contributed by atoms with Gasteiger partial charge in [0.1, 0.15) is 0 Å². The SMILES string of the molecule is Cc1ccc(N(C)Cc2ccc(CN)cn2)c(C)c1. The summed E-state index contributed by atoms with van der Waals surface area (Å²) in [6.45, 7) is 5.60. The third kappa shape index (κ3) is 3.32. The van der Waals surface area contributed by atoms with Crippen LogP contribution in [-0.2, 0) is 13.1 Å². The molecule has 3 heteroatoms. The lowest BCUT2D eigenvalue weighted by Crippen LogP contribution is -2.18. The molecule has 0 unspecified atom stereocenters. The quantitative estimate of drug-likeness (QED) is 0.913. The molecule has 1 aromatic heterocycles. The van der Waals surface area contributed by atoms with Crippen LogP contribution in [0.25, 0.3) is 0 Å². The van der Waals surface area contributed by atoms with Gasteiger partial charge in [-0.3, -0.25) is 4.98 Å². The van der Waals surface area contributed by atoms with Gasteiger partial charge in [-0.2, -0.15) is 0 Å². The molecule has 0 aliphatic heterocycles. The number of nitrogens with zero attached hydrogens (tertiary/aromatic N) is 2. The summed E-state index contributed by atoms with van der Waals surface area (Å²) in [6, 6.07) is 10.6. The van der Waals surface area contributed by atoms with Gasteiger partial charge >= 0.3 is 0 Å². The lowest BCUT2D eigenvalue weighted by atomic mass is 10.1. The molecule has 0 fully saturated rings. The van der Waals surface area contributed by atoms with Gasteiger partial charge in [-0.15, -0.1) is 0 Å². The van der Waals surface area contributed by atoms with Crippen molar-refractivity contribution in [3.05, 3.63) is 58.9 Å². The molecule has 0 atom stereocenters. The van der Waals surface area contributed by atoms with E-state index < -0.39 is 0 Å². The normalized spacial score (nSPS) is 10.5. The highest BCUT2D eigenvalue weighted by Gasteiger charge is 2.06. The average molecular weight is 255 g/mol. The predicted molar refractivity (Wildman–Crippen MR) is 80.2 cm³/mol. The predicted octanol–water partition coefficient (Wildman–Crippen LogP) is 2.79. The summed E-state index contributed by atoms with van der Waals surface area (Å²) in [5.74, 6) is 0. The third-order valence-electron chi connectivity index (χ3n) is 3.28. The maximum atomic E-state index is 5.58. The van der Waals surface area contributed by atoms with Crippen LogP contribution in [0.4, 0.5) is 5.69 Å². The van der Waals surface area contributed by atoms with Crippen LogP contribution in [0.3, 0.4) is 0 Å². The molecule has 2 rings (SSSR count). The minimum absolute atomic E-state index is 0.542. The van der Waals surface area contributed by atoms with E-state index in [2.05, 4.69) is 49.0 Å².